The summed E-state index contributed by atoms with van der Waals surface area (Å²) < 4.78 is 30.7. The Bertz CT molecular complexity index is 294. The van der Waals surface area contributed by atoms with Gasteiger partial charge in [-0.1, -0.05) is 38.1 Å². The molecule has 0 aliphatic rings. The average molecular weight is 228 g/mol. The molecule has 1 aromatic carbocycles. The molecular weight excluding hydrogens is 210 g/mol. The minimum absolute atomic E-state index is 0.455. The van der Waals surface area contributed by atoms with Crippen LogP contribution in [0.3, 0.4) is 0 Å². The Labute approximate surface area is 95.7 Å². The third kappa shape index (κ3) is 6.17. The van der Waals surface area contributed by atoms with Crippen molar-refractivity contribution < 1.29 is 13.5 Å². The third-order valence-corrected chi connectivity index (χ3v) is 1.58. The number of benzene rings is 1. The van der Waals surface area contributed by atoms with Gasteiger partial charge >= 0.3 is 0 Å². The normalized spacial score (nSPS) is 10.8. The fourth-order valence-corrected chi connectivity index (χ4v) is 0.988. The first-order valence-electron chi connectivity index (χ1n) is 5.33. The van der Waals surface area contributed by atoms with Crippen LogP contribution in [0.25, 0.3) is 0 Å². The van der Waals surface area contributed by atoms with E-state index in [9.17, 15) is 8.78 Å². The summed E-state index contributed by atoms with van der Waals surface area (Å²) in [6, 6.07) is 8.57. The molecule has 90 valence electrons. The van der Waals surface area contributed by atoms with Crippen molar-refractivity contribution in [2.75, 3.05) is 6.61 Å². The molecule has 3 heteroatoms. The minimum Gasteiger partial charge on any atom is -0.487 e. The topological polar surface area (TPSA) is 9.23 Å². The molecule has 0 N–H and O–H groups in total. The van der Waals surface area contributed by atoms with Crippen LogP contribution in [0.5, 0.6) is 5.75 Å². The summed E-state index contributed by atoms with van der Waals surface area (Å²) >= 11 is 0. The van der Waals surface area contributed by atoms with Crippen molar-refractivity contribution >= 4 is 0 Å². The molecule has 0 radical (unpaired) electrons. The first-order valence-corrected chi connectivity index (χ1v) is 5.33. The lowest BCUT2D eigenvalue weighted by Gasteiger charge is -2.12. The van der Waals surface area contributed by atoms with Gasteiger partial charge in [0.15, 0.2) is 6.61 Å². The Morgan fingerprint density at radius 3 is 2.25 bits per heavy atom. The highest BCUT2D eigenvalue weighted by Crippen LogP contribution is 2.18. The first kappa shape index (κ1) is 14.6. The second kappa shape index (κ2) is 7.85. The Kier molecular flexibility index (Phi) is 7.18. The molecule has 16 heavy (non-hydrogen) atoms. The molecule has 0 fully saturated rings. The van der Waals surface area contributed by atoms with Gasteiger partial charge in [0.2, 0.25) is 0 Å². The third-order valence-electron chi connectivity index (χ3n) is 1.58. The molecule has 0 spiro atoms. The van der Waals surface area contributed by atoms with Crippen LogP contribution >= 0.6 is 0 Å². The van der Waals surface area contributed by atoms with Gasteiger partial charge in [0.1, 0.15) is 5.75 Å². The van der Waals surface area contributed by atoms with Crippen molar-refractivity contribution in [3.8, 4) is 5.75 Å². The Morgan fingerprint density at radius 1 is 1.19 bits per heavy atom. The van der Waals surface area contributed by atoms with Gasteiger partial charge in [-0.2, -0.15) is 8.78 Å². The monoisotopic (exact) mass is 228 g/mol. The van der Waals surface area contributed by atoms with Crippen molar-refractivity contribution in [1.29, 1.82) is 0 Å². The van der Waals surface area contributed by atoms with Gasteiger partial charge in [-0.3, -0.25) is 0 Å². The van der Waals surface area contributed by atoms with Crippen LogP contribution in [0.1, 0.15) is 20.8 Å². The summed E-state index contributed by atoms with van der Waals surface area (Å²) in [7, 11) is 0. The lowest BCUT2D eigenvalue weighted by Crippen LogP contribution is -2.22. The van der Waals surface area contributed by atoms with Crippen molar-refractivity contribution in [2.45, 2.75) is 26.7 Å². The van der Waals surface area contributed by atoms with Crippen LogP contribution in [0.15, 0.2) is 42.5 Å². The van der Waals surface area contributed by atoms with E-state index in [1.165, 1.54) is 6.08 Å². The molecule has 1 aromatic rings. The zero-order valence-electron chi connectivity index (χ0n) is 9.91. The second-order valence-electron chi connectivity index (χ2n) is 2.86. The SMILES string of the molecule is C/C=C/C(F)(F)COc1ccccc1.CC. The highest BCUT2D eigenvalue weighted by molar-refractivity contribution is 5.21. The Hall–Kier alpha value is -1.38. The number of hydrogen-bond acceptors (Lipinski definition) is 1. The highest BCUT2D eigenvalue weighted by atomic mass is 19.3. The molecule has 0 atom stereocenters. The number of alkyl halides is 2. The quantitative estimate of drug-likeness (QED) is 0.698. The van der Waals surface area contributed by atoms with E-state index in [0.29, 0.717) is 5.75 Å². The van der Waals surface area contributed by atoms with E-state index < -0.39 is 12.5 Å². The maximum absolute atomic E-state index is 12.9. The zero-order valence-corrected chi connectivity index (χ0v) is 9.91. The molecular formula is C13H18F2O. The summed E-state index contributed by atoms with van der Waals surface area (Å²) in [4.78, 5) is 0. The summed E-state index contributed by atoms with van der Waals surface area (Å²) in [5, 5.41) is 0. The predicted molar refractivity (Wildman–Crippen MR) is 63.0 cm³/mol. The number of rotatable bonds is 4. The molecule has 0 aliphatic carbocycles. The van der Waals surface area contributed by atoms with Crippen LogP contribution in [0.4, 0.5) is 8.78 Å². The summed E-state index contributed by atoms with van der Waals surface area (Å²) in [5.41, 5.74) is 0. The fraction of sp³-hybridized carbons (Fsp3) is 0.385. The largest absolute Gasteiger partial charge is 0.487 e. The van der Waals surface area contributed by atoms with E-state index in [4.69, 9.17) is 4.74 Å². The van der Waals surface area contributed by atoms with Gasteiger partial charge in [0.05, 0.1) is 0 Å². The molecule has 0 heterocycles. The van der Waals surface area contributed by atoms with E-state index in [2.05, 4.69) is 0 Å². The van der Waals surface area contributed by atoms with Gasteiger partial charge in [0, 0.05) is 0 Å². The molecule has 0 aromatic heterocycles. The molecule has 0 unspecified atom stereocenters. The number of para-hydroxylation sites is 1. The van der Waals surface area contributed by atoms with E-state index in [0.717, 1.165) is 6.08 Å². The van der Waals surface area contributed by atoms with E-state index >= 15 is 0 Å². The van der Waals surface area contributed by atoms with Gasteiger partial charge < -0.3 is 4.74 Å². The standard InChI is InChI=1S/C11H12F2O.C2H6/c1-2-8-11(12,13)9-14-10-6-4-3-5-7-10;1-2/h2-8H,9H2,1H3;1-2H3/b8-2+;. The van der Waals surface area contributed by atoms with Crippen molar-refractivity contribution in [1.82, 2.24) is 0 Å². The van der Waals surface area contributed by atoms with Gasteiger partial charge in [0.25, 0.3) is 5.92 Å². The van der Waals surface area contributed by atoms with Crippen molar-refractivity contribution in [3.05, 3.63) is 42.5 Å². The Balaban J connectivity index is 0.00000106. The zero-order chi connectivity index (χ0) is 12.4. The van der Waals surface area contributed by atoms with E-state index in [1.54, 1.807) is 37.3 Å². The smallest absolute Gasteiger partial charge is 0.299 e. The first-order chi connectivity index (χ1) is 7.64. The molecule has 1 nitrogen and oxygen atoms in total. The van der Waals surface area contributed by atoms with Crippen LogP contribution in [0, 0.1) is 0 Å². The summed E-state index contributed by atoms with van der Waals surface area (Å²) in [6.07, 6.45) is 2.14. The van der Waals surface area contributed by atoms with Gasteiger partial charge in [-0.15, -0.1) is 0 Å². The van der Waals surface area contributed by atoms with Gasteiger partial charge in [-0.25, -0.2) is 0 Å². The highest BCUT2D eigenvalue weighted by Gasteiger charge is 2.25. The molecule has 0 aliphatic heterocycles. The van der Waals surface area contributed by atoms with Gasteiger partial charge in [-0.05, 0) is 25.1 Å². The fourth-order valence-electron chi connectivity index (χ4n) is 0.988. The molecule has 0 saturated heterocycles. The Morgan fingerprint density at radius 2 is 1.75 bits per heavy atom. The van der Waals surface area contributed by atoms with E-state index in [1.807, 2.05) is 13.8 Å². The number of hydrogen-bond donors (Lipinski definition) is 0. The van der Waals surface area contributed by atoms with Crippen LogP contribution < -0.4 is 4.74 Å². The van der Waals surface area contributed by atoms with Crippen molar-refractivity contribution in [3.63, 3.8) is 0 Å². The number of ether oxygens (including phenoxy) is 1. The maximum Gasteiger partial charge on any atom is 0.299 e. The average Bonchev–Trinajstić information content (AvgIpc) is 2.31. The number of halogens is 2. The number of allylic oxidation sites excluding steroid dienone is 1. The maximum atomic E-state index is 12.9. The molecule has 1 rings (SSSR count). The van der Waals surface area contributed by atoms with Crippen LogP contribution in [-0.2, 0) is 0 Å². The lowest BCUT2D eigenvalue weighted by molar-refractivity contribution is 0.00502. The van der Waals surface area contributed by atoms with E-state index in [-0.39, 0.29) is 0 Å². The lowest BCUT2D eigenvalue weighted by atomic mass is 10.3. The predicted octanol–water partition coefficient (Wildman–Crippen LogP) is 4.30. The van der Waals surface area contributed by atoms with Crippen LogP contribution in [-0.4, -0.2) is 12.5 Å². The molecule has 0 saturated carbocycles. The van der Waals surface area contributed by atoms with Crippen LogP contribution in [0.2, 0.25) is 0 Å². The molecule has 0 bridgehead atoms. The van der Waals surface area contributed by atoms with Crippen molar-refractivity contribution in [2.24, 2.45) is 0 Å². The molecule has 0 amide bonds. The second-order valence-corrected chi connectivity index (χ2v) is 2.86. The summed E-state index contributed by atoms with van der Waals surface area (Å²) in [6.45, 7) is 4.93. The minimum atomic E-state index is -2.90. The summed E-state index contributed by atoms with van der Waals surface area (Å²) in [5.74, 6) is -2.44.